The summed E-state index contributed by atoms with van der Waals surface area (Å²) >= 11 is 0. The molecule has 14 heavy (non-hydrogen) atoms. The highest BCUT2D eigenvalue weighted by atomic mass is 15.4. The van der Waals surface area contributed by atoms with Gasteiger partial charge in [0, 0.05) is 25.2 Å². The third-order valence-electron chi connectivity index (χ3n) is 3.15. The summed E-state index contributed by atoms with van der Waals surface area (Å²) in [5.41, 5.74) is 1.14. The Labute approximate surface area is 84.7 Å². The van der Waals surface area contributed by atoms with Gasteiger partial charge in [0.25, 0.3) is 0 Å². The van der Waals surface area contributed by atoms with E-state index in [4.69, 9.17) is 0 Å². The molecule has 2 heterocycles. The minimum absolute atomic E-state index is 0.536. The first-order valence-electron chi connectivity index (χ1n) is 5.32. The number of aromatic nitrogens is 3. The molecule has 4 heteroatoms. The maximum Gasteiger partial charge on any atom is 0.0876 e. The van der Waals surface area contributed by atoms with Gasteiger partial charge in [-0.2, -0.15) is 0 Å². The van der Waals surface area contributed by atoms with Crippen LogP contribution in [0.5, 0.6) is 0 Å². The lowest BCUT2D eigenvalue weighted by Crippen LogP contribution is -2.25. The summed E-state index contributed by atoms with van der Waals surface area (Å²) in [5.74, 6) is 1.20. The van der Waals surface area contributed by atoms with Gasteiger partial charge in [0.1, 0.15) is 0 Å². The number of aryl methyl sites for hydroxylation is 1. The second-order valence-electron chi connectivity index (χ2n) is 4.24. The van der Waals surface area contributed by atoms with Gasteiger partial charge in [-0.25, -0.2) is 0 Å². The van der Waals surface area contributed by atoms with E-state index in [2.05, 4.69) is 29.5 Å². The molecule has 0 bridgehead atoms. The quantitative estimate of drug-likeness (QED) is 0.761. The van der Waals surface area contributed by atoms with Gasteiger partial charge in [-0.05, 0) is 18.9 Å². The van der Waals surface area contributed by atoms with Gasteiger partial charge >= 0.3 is 0 Å². The van der Waals surface area contributed by atoms with Crippen molar-refractivity contribution in [2.24, 2.45) is 13.0 Å². The Balaban J connectivity index is 2.22. The molecular weight excluding hydrogens is 176 g/mol. The van der Waals surface area contributed by atoms with Crippen LogP contribution in [-0.2, 0) is 7.05 Å². The predicted molar refractivity (Wildman–Crippen MR) is 55.0 cm³/mol. The molecule has 0 spiro atoms. The topological polar surface area (TPSA) is 42.7 Å². The fourth-order valence-corrected chi connectivity index (χ4v) is 2.40. The summed E-state index contributed by atoms with van der Waals surface area (Å²) in [6.07, 6.45) is 3.20. The van der Waals surface area contributed by atoms with Crippen LogP contribution in [0.2, 0.25) is 0 Å². The summed E-state index contributed by atoms with van der Waals surface area (Å²) in [4.78, 5) is 0. The van der Waals surface area contributed by atoms with Crippen LogP contribution in [0, 0.1) is 5.92 Å². The molecule has 0 aromatic carbocycles. The van der Waals surface area contributed by atoms with E-state index < -0.39 is 0 Å². The minimum Gasteiger partial charge on any atom is -0.313 e. The van der Waals surface area contributed by atoms with Crippen LogP contribution in [0.15, 0.2) is 6.20 Å². The number of nitrogens with zero attached hydrogens (tertiary/aromatic N) is 3. The van der Waals surface area contributed by atoms with Crippen LogP contribution < -0.4 is 5.32 Å². The molecule has 1 aliphatic heterocycles. The Hall–Kier alpha value is -0.900. The zero-order valence-electron chi connectivity index (χ0n) is 9.07. The molecule has 0 radical (unpaired) electrons. The fourth-order valence-electron chi connectivity index (χ4n) is 2.40. The van der Waals surface area contributed by atoms with Crippen LogP contribution in [0.3, 0.4) is 0 Å². The first-order chi connectivity index (χ1) is 6.72. The van der Waals surface area contributed by atoms with E-state index in [9.17, 15) is 0 Å². The highest BCUT2D eigenvalue weighted by Gasteiger charge is 2.34. The lowest BCUT2D eigenvalue weighted by molar-refractivity contribution is 0.473. The second kappa shape index (κ2) is 3.69. The van der Waals surface area contributed by atoms with Gasteiger partial charge in [-0.3, -0.25) is 4.68 Å². The van der Waals surface area contributed by atoms with Crippen molar-refractivity contribution in [3.63, 3.8) is 0 Å². The predicted octanol–water partition coefficient (Wildman–Crippen LogP) is 0.917. The van der Waals surface area contributed by atoms with Crippen LogP contribution in [0.1, 0.15) is 31.9 Å². The summed E-state index contributed by atoms with van der Waals surface area (Å²) in [5, 5.41) is 11.8. The summed E-state index contributed by atoms with van der Waals surface area (Å²) in [7, 11) is 1.92. The van der Waals surface area contributed by atoms with Crippen LogP contribution in [-0.4, -0.2) is 27.6 Å². The van der Waals surface area contributed by atoms with Crippen molar-refractivity contribution in [3.8, 4) is 0 Å². The fraction of sp³-hybridized carbons (Fsp3) is 0.800. The van der Waals surface area contributed by atoms with Gasteiger partial charge in [0.05, 0.1) is 5.69 Å². The van der Waals surface area contributed by atoms with E-state index in [1.165, 1.54) is 0 Å². The maximum atomic E-state index is 4.22. The first kappa shape index (κ1) is 9.65. The van der Waals surface area contributed by atoms with E-state index in [1.807, 2.05) is 13.2 Å². The van der Waals surface area contributed by atoms with Gasteiger partial charge in [0.2, 0.25) is 0 Å². The molecule has 0 saturated carbocycles. The minimum atomic E-state index is 0.536. The third-order valence-corrected chi connectivity index (χ3v) is 3.15. The van der Waals surface area contributed by atoms with Crippen molar-refractivity contribution in [1.82, 2.24) is 20.3 Å². The van der Waals surface area contributed by atoms with Crippen LogP contribution >= 0.6 is 0 Å². The standard InChI is InChI=1S/C10H18N4/c1-4-8-10(7(2)5-11-8)9-6-14(3)13-12-9/h6-8,10-11H,4-5H2,1-3H3. The van der Waals surface area contributed by atoms with E-state index in [-0.39, 0.29) is 0 Å². The SMILES string of the molecule is CCC1NCC(C)C1c1cn(C)nn1. The van der Waals surface area contributed by atoms with Crippen molar-refractivity contribution in [2.45, 2.75) is 32.2 Å². The number of rotatable bonds is 2. The van der Waals surface area contributed by atoms with Crippen molar-refractivity contribution in [1.29, 1.82) is 0 Å². The number of nitrogens with one attached hydrogen (secondary N) is 1. The van der Waals surface area contributed by atoms with Gasteiger partial charge in [-0.15, -0.1) is 5.10 Å². The Bertz CT molecular complexity index is 307. The molecule has 0 amide bonds. The van der Waals surface area contributed by atoms with E-state index in [1.54, 1.807) is 4.68 Å². The zero-order valence-corrected chi connectivity index (χ0v) is 9.07. The lowest BCUT2D eigenvalue weighted by atomic mass is 9.88. The zero-order chi connectivity index (χ0) is 10.1. The highest BCUT2D eigenvalue weighted by Crippen LogP contribution is 2.32. The first-order valence-corrected chi connectivity index (χ1v) is 5.32. The Morgan fingerprint density at radius 2 is 2.43 bits per heavy atom. The monoisotopic (exact) mass is 194 g/mol. The number of hydrogen-bond donors (Lipinski definition) is 1. The summed E-state index contributed by atoms with van der Waals surface area (Å²) in [6.45, 7) is 5.60. The van der Waals surface area contributed by atoms with Crippen molar-refractivity contribution in [2.75, 3.05) is 6.54 Å². The van der Waals surface area contributed by atoms with E-state index >= 15 is 0 Å². The molecule has 1 fully saturated rings. The molecule has 4 nitrogen and oxygen atoms in total. The second-order valence-corrected chi connectivity index (χ2v) is 4.24. The van der Waals surface area contributed by atoms with Gasteiger partial charge in [0.15, 0.2) is 0 Å². The maximum absolute atomic E-state index is 4.22. The summed E-state index contributed by atoms with van der Waals surface area (Å²) < 4.78 is 1.78. The molecule has 1 N–H and O–H groups in total. The molecule has 2 rings (SSSR count). The third kappa shape index (κ3) is 1.54. The highest BCUT2D eigenvalue weighted by molar-refractivity contribution is 5.11. The largest absolute Gasteiger partial charge is 0.313 e. The molecule has 78 valence electrons. The van der Waals surface area contributed by atoms with E-state index in [0.29, 0.717) is 17.9 Å². The average Bonchev–Trinajstić information content (AvgIpc) is 2.71. The van der Waals surface area contributed by atoms with Crippen LogP contribution in [0.25, 0.3) is 0 Å². The van der Waals surface area contributed by atoms with Crippen molar-refractivity contribution < 1.29 is 0 Å². The smallest absolute Gasteiger partial charge is 0.0876 e. The normalized spacial score (nSPS) is 32.4. The Morgan fingerprint density at radius 1 is 1.64 bits per heavy atom. The molecule has 1 aromatic heterocycles. The van der Waals surface area contributed by atoms with Gasteiger partial charge < -0.3 is 5.32 Å². The molecule has 3 unspecified atom stereocenters. The Morgan fingerprint density at radius 3 is 3.00 bits per heavy atom. The molecular formula is C10H18N4. The van der Waals surface area contributed by atoms with Crippen molar-refractivity contribution in [3.05, 3.63) is 11.9 Å². The molecule has 0 aliphatic carbocycles. The number of hydrogen-bond acceptors (Lipinski definition) is 3. The molecule has 3 atom stereocenters. The lowest BCUT2D eigenvalue weighted by Gasteiger charge is -2.17. The van der Waals surface area contributed by atoms with E-state index in [0.717, 1.165) is 18.7 Å². The summed E-state index contributed by atoms with van der Waals surface area (Å²) in [6, 6.07) is 0.571. The molecule has 1 aromatic rings. The van der Waals surface area contributed by atoms with Gasteiger partial charge in [-0.1, -0.05) is 19.1 Å². The average molecular weight is 194 g/mol. The Kier molecular flexibility index (Phi) is 2.54. The van der Waals surface area contributed by atoms with Crippen molar-refractivity contribution >= 4 is 0 Å². The van der Waals surface area contributed by atoms with Crippen LogP contribution in [0.4, 0.5) is 0 Å². The molecule has 1 aliphatic rings. The molecule has 1 saturated heterocycles.